The van der Waals surface area contributed by atoms with Gasteiger partial charge in [-0.3, -0.25) is 9.20 Å². The molecule has 0 saturated heterocycles. The SMILES string of the molecule is Cc1ccc2c(c1)c(=O)[nH]c1c(-c3nc4ccccc4s3)c(O)cn12. The van der Waals surface area contributed by atoms with Crippen LogP contribution in [0.5, 0.6) is 5.75 Å². The fraction of sp³-hybridized carbons (Fsp3) is 0.0526. The van der Waals surface area contributed by atoms with Gasteiger partial charge in [-0.25, -0.2) is 4.98 Å². The maximum Gasteiger partial charge on any atom is 0.258 e. The minimum atomic E-state index is -0.174. The number of thiazole rings is 1. The molecule has 25 heavy (non-hydrogen) atoms. The lowest BCUT2D eigenvalue weighted by atomic mass is 10.1. The van der Waals surface area contributed by atoms with Gasteiger partial charge in [-0.15, -0.1) is 11.3 Å². The third kappa shape index (κ3) is 2.01. The van der Waals surface area contributed by atoms with Crippen LogP contribution in [0.25, 0.3) is 37.3 Å². The van der Waals surface area contributed by atoms with Gasteiger partial charge in [-0.1, -0.05) is 23.8 Å². The second-order valence-corrected chi connectivity index (χ2v) is 7.10. The molecule has 2 N–H and O–H groups in total. The van der Waals surface area contributed by atoms with Crippen LogP contribution in [0.1, 0.15) is 5.56 Å². The molecular formula is C19H13N3O2S. The van der Waals surface area contributed by atoms with Gasteiger partial charge in [-0.05, 0) is 31.2 Å². The largest absolute Gasteiger partial charge is 0.506 e. The number of aromatic amines is 1. The molecule has 0 radical (unpaired) electrons. The Balaban J connectivity index is 1.90. The van der Waals surface area contributed by atoms with Crippen LogP contribution in [0.15, 0.2) is 53.5 Å². The third-order valence-corrected chi connectivity index (χ3v) is 5.44. The van der Waals surface area contributed by atoms with Crippen LogP contribution in [0.2, 0.25) is 0 Å². The number of nitrogens with one attached hydrogen (secondary N) is 1. The van der Waals surface area contributed by atoms with E-state index in [0.29, 0.717) is 21.6 Å². The predicted molar refractivity (Wildman–Crippen MR) is 101 cm³/mol. The Morgan fingerprint density at radius 3 is 2.88 bits per heavy atom. The zero-order valence-corrected chi connectivity index (χ0v) is 14.1. The summed E-state index contributed by atoms with van der Waals surface area (Å²) in [5, 5.41) is 11.8. The van der Waals surface area contributed by atoms with E-state index in [0.717, 1.165) is 21.3 Å². The van der Waals surface area contributed by atoms with Crippen molar-refractivity contribution in [3.8, 4) is 16.3 Å². The Hall–Kier alpha value is -3.12. The van der Waals surface area contributed by atoms with Crippen molar-refractivity contribution in [3.63, 3.8) is 0 Å². The zero-order valence-electron chi connectivity index (χ0n) is 13.3. The van der Waals surface area contributed by atoms with Gasteiger partial charge in [0.2, 0.25) is 0 Å². The fourth-order valence-electron chi connectivity index (χ4n) is 3.21. The number of nitrogens with zero attached hydrogens (tertiary/aromatic N) is 2. The number of aromatic nitrogens is 3. The fourth-order valence-corrected chi connectivity index (χ4v) is 4.23. The van der Waals surface area contributed by atoms with Crippen LogP contribution in [0, 0.1) is 6.92 Å². The summed E-state index contributed by atoms with van der Waals surface area (Å²) < 4.78 is 2.85. The molecule has 3 aromatic heterocycles. The van der Waals surface area contributed by atoms with E-state index in [-0.39, 0.29) is 11.3 Å². The Kier molecular flexibility index (Phi) is 2.81. The first kappa shape index (κ1) is 14.2. The maximum atomic E-state index is 12.5. The quantitative estimate of drug-likeness (QED) is 0.480. The van der Waals surface area contributed by atoms with Gasteiger partial charge >= 0.3 is 0 Å². The van der Waals surface area contributed by atoms with Gasteiger partial charge in [0.1, 0.15) is 16.4 Å². The van der Waals surface area contributed by atoms with Gasteiger partial charge < -0.3 is 10.1 Å². The summed E-state index contributed by atoms with van der Waals surface area (Å²) in [5.41, 5.74) is 3.58. The summed E-state index contributed by atoms with van der Waals surface area (Å²) >= 11 is 1.49. The van der Waals surface area contributed by atoms with E-state index in [2.05, 4.69) is 9.97 Å². The monoisotopic (exact) mass is 347 g/mol. The van der Waals surface area contributed by atoms with Gasteiger partial charge in [0, 0.05) is 0 Å². The van der Waals surface area contributed by atoms with Crippen molar-refractivity contribution in [1.29, 1.82) is 0 Å². The predicted octanol–water partition coefficient (Wildman–Crippen LogP) is 4.07. The van der Waals surface area contributed by atoms with Crippen molar-refractivity contribution < 1.29 is 5.11 Å². The first-order valence-corrected chi connectivity index (χ1v) is 8.66. The first-order chi connectivity index (χ1) is 12.1. The van der Waals surface area contributed by atoms with Gasteiger partial charge in [0.25, 0.3) is 5.56 Å². The molecule has 2 aromatic carbocycles. The van der Waals surface area contributed by atoms with E-state index in [4.69, 9.17) is 0 Å². The molecular weight excluding hydrogens is 334 g/mol. The highest BCUT2D eigenvalue weighted by molar-refractivity contribution is 7.21. The topological polar surface area (TPSA) is 70.4 Å². The highest BCUT2D eigenvalue weighted by Gasteiger charge is 2.19. The number of rotatable bonds is 1. The van der Waals surface area contributed by atoms with Crippen LogP contribution in [0.4, 0.5) is 0 Å². The minimum absolute atomic E-state index is 0.0998. The average molecular weight is 347 g/mol. The lowest BCUT2D eigenvalue weighted by Gasteiger charge is -2.04. The molecule has 0 fully saturated rings. The molecule has 0 bridgehead atoms. The summed E-state index contributed by atoms with van der Waals surface area (Å²) in [6, 6.07) is 13.5. The highest BCUT2D eigenvalue weighted by atomic mass is 32.1. The molecule has 0 aliphatic rings. The smallest absolute Gasteiger partial charge is 0.258 e. The number of H-pyrrole nitrogens is 1. The molecule has 0 spiro atoms. The van der Waals surface area contributed by atoms with Crippen molar-refractivity contribution >= 4 is 38.1 Å². The first-order valence-electron chi connectivity index (χ1n) is 7.84. The molecule has 3 heterocycles. The Labute approximate surface area is 145 Å². The number of aryl methyl sites for hydroxylation is 1. The summed E-state index contributed by atoms with van der Waals surface area (Å²) in [4.78, 5) is 20.1. The Morgan fingerprint density at radius 2 is 2.04 bits per heavy atom. The summed E-state index contributed by atoms with van der Waals surface area (Å²) in [7, 11) is 0. The molecule has 122 valence electrons. The zero-order chi connectivity index (χ0) is 17.1. The van der Waals surface area contributed by atoms with Crippen LogP contribution >= 0.6 is 11.3 Å². The summed E-state index contributed by atoms with van der Waals surface area (Å²) in [6.45, 7) is 1.95. The normalized spacial score (nSPS) is 11.7. The number of aromatic hydroxyl groups is 1. The van der Waals surface area contributed by atoms with E-state index in [1.54, 1.807) is 6.20 Å². The van der Waals surface area contributed by atoms with Crippen LogP contribution in [0.3, 0.4) is 0 Å². The van der Waals surface area contributed by atoms with Crippen molar-refractivity contribution in [3.05, 3.63) is 64.6 Å². The van der Waals surface area contributed by atoms with E-state index >= 15 is 0 Å². The molecule has 0 aliphatic carbocycles. The highest BCUT2D eigenvalue weighted by Crippen LogP contribution is 2.39. The molecule has 0 amide bonds. The summed E-state index contributed by atoms with van der Waals surface area (Å²) in [5.74, 6) is 0.0998. The minimum Gasteiger partial charge on any atom is -0.506 e. The number of hydrogen-bond acceptors (Lipinski definition) is 4. The van der Waals surface area contributed by atoms with E-state index in [1.807, 2.05) is 53.8 Å². The van der Waals surface area contributed by atoms with Crippen molar-refractivity contribution in [2.24, 2.45) is 0 Å². The van der Waals surface area contributed by atoms with Gasteiger partial charge in [-0.2, -0.15) is 0 Å². The van der Waals surface area contributed by atoms with Crippen LogP contribution in [-0.2, 0) is 0 Å². The number of fused-ring (bicyclic) bond motifs is 4. The molecule has 0 saturated carbocycles. The molecule has 0 aliphatic heterocycles. The van der Waals surface area contributed by atoms with E-state index in [1.165, 1.54) is 11.3 Å². The molecule has 0 unspecified atom stereocenters. The number of para-hydroxylation sites is 1. The Morgan fingerprint density at radius 1 is 1.20 bits per heavy atom. The van der Waals surface area contributed by atoms with Crippen molar-refractivity contribution in [2.45, 2.75) is 6.92 Å². The van der Waals surface area contributed by atoms with E-state index in [9.17, 15) is 9.90 Å². The second kappa shape index (κ2) is 4.94. The second-order valence-electron chi connectivity index (χ2n) is 6.07. The molecule has 0 atom stereocenters. The molecule has 5 aromatic rings. The van der Waals surface area contributed by atoms with Crippen molar-refractivity contribution in [1.82, 2.24) is 14.4 Å². The van der Waals surface area contributed by atoms with Crippen LogP contribution in [-0.4, -0.2) is 19.5 Å². The van der Waals surface area contributed by atoms with Gasteiger partial charge in [0.15, 0.2) is 0 Å². The van der Waals surface area contributed by atoms with E-state index < -0.39 is 0 Å². The lowest BCUT2D eigenvalue weighted by Crippen LogP contribution is -2.09. The average Bonchev–Trinajstić information content (AvgIpc) is 3.15. The number of hydrogen-bond donors (Lipinski definition) is 2. The molecule has 5 nitrogen and oxygen atoms in total. The lowest BCUT2D eigenvalue weighted by molar-refractivity contribution is 0.477. The molecule has 5 rings (SSSR count). The van der Waals surface area contributed by atoms with Crippen molar-refractivity contribution in [2.75, 3.05) is 0 Å². The van der Waals surface area contributed by atoms with Gasteiger partial charge in [0.05, 0.1) is 32.9 Å². The number of benzene rings is 2. The third-order valence-electron chi connectivity index (χ3n) is 4.38. The molecule has 6 heteroatoms. The van der Waals surface area contributed by atoms with Crippen LogP contribution < -0.4 is 5.56 Å². The Bertz CT molecular complexity index is 1310. The summed E-state index contributed by atoms with van der Waals surface area (Å²) in [6.07, 6.45) is 1.63. The maximum absolute atomic E-state index is 12.5. The standard InChI is InChI=1S/C19H13N3O2S/c1-10-6-7-13-11(8-10)18(24)21-17-16(14(23)9-22(13)17)19-20-12-4-2-3-5-15(12)25-19/h2-9,23H,1H3,(H,21,24).